The lowest BCUT2D eigenvalue weighted by molar-refractivity contribution is 0.0693. The first-order valence-electron chi connectivity index (χ1n) is 4.52. The van der Waals surface area contributed by atoms with Crippen LogP contribution in [0.5, 0.6) is 0 Å². The molecule has 0 atom stereocenters. The number of aromatic carboxylic acids is 1. The maximum absolute atomic E-state index is 11.0. The van der Waals surface area contributed by atoms with Crippen LogP contribution in [0.15, 0.2) is 18.3 Å². The van der Waals surface area contributed by atoms with E-state index in [1.807, 2.05) is 6.26 Å². The number of halogens is 1. The van der Waals surface area contributed by atoms with Crippen molar-refractivity contribution in [3.63, 3.8) is 0 Å². The van der Waals surface area contributed by atoms with Crippen LogP contribution < -0.4 is 0 Å². The van der Waals surface area contributed by atoms with Crippen molar-refractivity contribution in [1.82, 2.24) is 9.38 Å². The first-order chi connectivity index (χ1) is 7.63. The molecule has 6 heteroatoms. The molecule has 2 rings (SSSR count). The lowest BCUT2D eigenvalue weighted by atomic mass is 10.3. The molecule has 2 aromatic heterocycles. The quantitative estimate of drug-likeness (QED) is 0.917. The van der Waals surface area contributed by atoms with Crippen molar-refractivity contribution in [3.05, 3.63) is 34.9 Å². The molecule has 0 aliphatic heterocycles. The molecule has 16 heavy (non-hydrogen) atoms. The van der Waals surface area contributed by atoms with Crippen molar-refractivity contribution >= 4 is 34.8 Å². The Morgan fingerprint density at radius 2 is 2.38 bits per heavy atom. The number of fused-ring (bicyclic) bond motifs is 1. The third-order valence-electron chi connectivity index (χ3n) is 2.15. The Bertz CT molecular complexity index is 553. The summed E-state index contributed by atoms with van der Waals surface area (Å²) in [6, 6.07) is 3.33. The van der Waals surface area contributed by atoms with E-state index in [0.717, 1.165) is 0 Å². The largest absolute Gasteiger partial charge is 0.476 e. The normalized spacial score (nSPS) is 10.9. The molecule has 2 aromatic rings. The molecule has 0 amide bonds. The van der Waals surface area contributed by atoms with Crippen molar-refractivity contribution < 1.29 is 9.90 Å². The van der Waals surface area contributed by atoms with Crippen LogP contribution in [-0.4, -0.2) is 26.7 Å². The molecule has 84 valence electrons. The van der Waals surface area contributed by atoms with Gasteiger partial charge in [0.1, 0.15) is 5.82 Å². The van der Waals surface area contributed by atoms with Gasteiger partial charge < -0.3 is 9.51 Å². The van der Waals surface area contributed by atoms with Crippen LogP contribution in [-0.2, 0) is 5.75 Å². The van der Waals surface area contributed by atoms with Gasteiger partial charge in [-0.3, -0.25) is 0 Å². The van der Waals surface area contributed by atoms with Crippen LogP contribution in [0.25, 0.3) is 5.52 Å². The summed E-state index contributed by atoms with van der Waals surface area (Å²) in [4.78, 5) is 15.1. The van der Waals surface area contributed by atoms with Gasteiger partial charge >= 0.3 is 5.97 Å². The Morgan fingerprint density at radius 3 is 3.00 bits per heavy atom. The number of imidazole rings is 1. The topological polar surface area (TPSA) is 54.6 Å². The van der Waals surface area contributed by atoms with Crippen molar-refractivity contribution in [2.24, 2.45) is 0 Å². The second kappa shape index (κ2) is 4.35. The molecular weight excluding hydrogens is 248 g/mol. The average Bonchev–Trinajstić information content (AvgIpc) is 2.58. The van der Waals surface area contributed by atoms with Crippen LogP contribution in [0.4, 0.5) is 0 Å². The smallest absolute Gasteiger partial charge is 0.356 e. The lowest BCUT2D eigenvalue weighted by Gasteiger charge is -1.99. The van der Waals surface area contributed by atoms with Gasteiger partial charge in [-0.1, -0.05) is 11.6 Å². The number of nitrogens with zero attached hydrogens (tertiary/aromatic N) is 2. The number of pyridine rings is 1. The molecule has 4 nitrogen and oxygen atoms in total. The summed E-state index contributed by atoms with van der Waals surface area (Å²) in [5, 5.41) is 9.58. The number of rotatable bonds is 3. The summed E-state index contributed by atoms with van der Waals surface area (Å²) < 4.78 is 1.72. The second-order valence-corrected chi connectivity index (χ2v) is 4.52. The van der Waals surface area contributed by atoms with E-state index >= 15 is 0 Å². The summed E-state index contributed by atoms with van der Waals surface area (Å²) in [5.41, 5.74) is 0.640. The fourth-order valence-corrected chi connectivity index (χ4v) is 2.13. The molecule has 0 aromatic carbocycles. The molecule has 0 aliphatic carbocycles. The molecule has 0 fully saturated rings. The molecular formula is C10H9ClN2O2S. The van der Waals surface area contributed by atoms with E-state index in [1.54, 1.807) is 34.5 Å². The number of carboxylic acids is 1. The van der Waals surface area contributed by atoms with E-state index in [1.165, 1.54) is 0 Å². The minimum absolute atomic E-state index is 0.0701. The first kappa shape index (κ1) is 11.3. The number of carboxylic acid groups (broad SMARTS) is 1. The molecule has 0 aliphatic rings. The van der Waals surface area contributed by atoms with Gasteiger partial charge in [0, 0.05) is 6.20 Å². The minimum Gasteiger partial charge on any atom is -0.476 e. The van der Waals surface area contributed by atoms with Gasteiger partial charge in [0.2, 0.25) is 0 Å². The minimum atomic E-state index is -1.02. The highest BCUT2D eigenvalue weighted by Crippen LogP contribution is 2.19. The van der Waals surface area contributed by atoms with E-state index in [2.05, 4.69) is 4.98 Å². The predicted molar refractivity (Wildman–Crippen MR) is 64.4 cm³/mol. The van der Waals surface area contributed by atoms with Gasteiger partial charge in [-0.15, -0.1) is 0 Å². The van der Waals surface area contributed by atoms with Crippen LogP contribution >= 0.6 is 23.4 Å². The Morgan fingerprint density at radius 1 is 1.62 bits per heavy atom. The van der Waals surface area contributed by atoms with E-state index < -0.39 is 5.97 Å². The zero-order chi connectivity index (χ0) is 11.7. The van der Waals surface area contributed by atoms with Gasteiger partial charge in [-0.05, 0) is 18.4 Å². The van der Waals surface area contributed by atoms with Gasteiger partial charge in [0.05, 0.1) is 16.3 Å². The third-order valence-corrected chi connectivity index (χ3v) is 2.92. The van der Waals surface area contributed by atoms with Crippen LogP contribution in [0.1, 0.15) is 16.3 Å². The predicted octanol–water partition coefficient (Wildman–Crippen LogP) is 2.55. The van der Waals surface area contributed by atoms with Gasteiger partial charge in [-0.2, -0.15) is 11.8 Å². The summed E-state index contributed by atoms with van der Waals surface area (Å²) in [6.45, 7) is 0. The Labute approximate surface area is 101 Å². The maximum Gasteiger partial charge on any atom is 0.356 e. The molecule has 0 saturated heterocycles. The molecule has 0 bridgehead atoms. The summed E-state index contributed by atoms with van der Waals surface area (Å²) >= 11 is 7.46. The Kier molecular flexibility index (Phi) is 3.07. The maximum atomic E-state index is 11.0. The molecule has 0 saturated carbocycles. The van der Waals surface area contributed by atoms with E-state index in [-0.39, 0.29) is 5.69 Å². The number of thioether (sulfide) groups is 1. The van der Waals surface area contributed by atoms with Gasteiger partial charge in [0.15, 0.2) is 5.69 Å². The zero-order valence-electron chi connectivity index (χ0n) is 8.48. The van der Waals surface area contributed by atoms with Crippen LogP contribution in [0.2, 0.25) is 5.02 Å². The van der Waals surface area contributed by atoms with Crippen molar-refractivity contribution in [2.75, 3.05) is 6.26 Å². The van der Waals surface area contributed by atoms with E-state index in [4.69, 9.17) is 16.7 Å². The number of hydrogen-bond donors (Lipinski definition) is 1. The van der Waals surface area contributed by atoms with E-state index in [0.29, 0.717) is 22.1 Å². The average molecular weight is 257 g/mol. The number of carbonyl (C=O) groups is 1. The van der Waals surface area contributed by atoms with Gasteiger partial charge in [-0.25, -0.2) is 9.78 Å². The highest BCUT2D eigenvalue weighted by molar-refractivity contribution is 7.97. The Balaban J connectivity index is 2.71. The third kappa shape index (κ3) is 1.88. The number of aromatic nitrogens is 2. The highest BCUT2D eigenvalue weighted by Gasteiger charge is 2.16. The molecule has 0 spiro atoms. The van der Waals surface area contributed by atoms with Crippen molar-refractivity contribution in [2.45, 2.75) is 5.75 Å². The van der Waals surface area contributed by atoms with Gasteiger partial charge in [0.25, 0.3) is 0 Å². The fourth-order valence-electron chi connectivity index (χ4n) is 1.51. The lowest BCUT2D eigenvalue weighted by Crippen LogP contribution is -1.97. The summed E-state index contributed by atoms with van der Waals surface area (Å²) in [6.07, 6.45) is 3.62. The Hall–Kier alpha value is -1.20. The molecule has 2 heterocycles. The zero-order valence-corrected chi connectivity index (χ0v) is 10.0. The summed E-state index contributed by atoms with van der Waals surface area (Å²) in [7, 11) is 0. The second-order valence-electron chi connectivity index (χ2n) is 3.22. The molecule has 0 unspecified atom stereocenters. The van der Waals surface area contributed by atoms with Crippen LogP contribution in [0.3, 0.4) is 0 Å². The standard InChI is InChI=1S/C10H9ClN2O2S/c1-16-5-8-12-9(10(14)15)7-3-2-6(11)4-13(7)8/h2-4H,5H2,1H3,(H,14,15). The van der Waals surface area contributed by atoms with E-state index in [9.17, 15) is 4.79 Å². The SMILES string of the molecule is CSCc1nc(C(=O)O)c2ccc(Cl)cn12. The summed E-state index contributed by atoms with van der Waals surface area (Å²) in [5.74, 6) is 0.323. The molecule has 0 radical (unpaired) electrons. The first-order valence-corrected chi connectivity index (χ1v) is 6.29. The van der Waals surface area contributed by atoms with Crippen molar-refractivity contribution in [1.29, 1.82) is 0 Å². The fraction of sp³-hybridized carbons (Fsp3) is 0.200. The molecule has 1 N–H and O–H groups in total. The monoisotopic (exact) mass is 256 g/mol. The highest BCUT2D eigenvalue weighted by atomic mass is 35.5. The van der Waals surface area contributed by atoms with Crippen LogP contribution in [0, 0.1) is 0 Å². The van der Waals surface area contributed by atoms with Crippen molar-refractivity contribution in [3.8, 4) is 0 Å². The number of hydrogen-bond acceptors (Lipinski definition) is 3.